The quantitative estimate of drug-likeness (QED) is 0.852. The van der Waals surface area contributed by atoms with Crippen molar-refractivity contribution < 1.29 is 5.11 Å². The maximum Gasteiger partial charge on any atom is 0.119 e. The van der Waals surface area contributed by atoms with Gasteiger partial charge in [-0.3, -0.25) is 0 Å². The van der Waals surface area contributed by atoms with Crippen LogP contribution in [0.25, 0.3) is 0 Å². The first-order valence-corrected chi connectivity index (χ1v) is 7.11. The number of phenolic OH excluding ortho intramolecular Hbond substituents is 1. The van der Waals surface area contributed by atoms with Crippen LogP contribution in [0, 0.1) is 0 Å². The molecule has 1 N–H and O–H groups in total. The van der Waals surface area contributed by atoms with Crippen molar-refractivity contribution in [3.63, 3.8) is 0 Å². The average Bonchev–Trinajstić information content (AvgIpc) is 2.43. The third kappa shape index (κ3) is 2.93. The lowest BCUT2D eigenvalue weighted by Gasteiger charge is -2.15. The van der Waals surface area contributed by atoms with Crippen LogP contribution < -0.4 is 0 Å². The fraction of sp³-hybridized carbons (Fsp3) is 0.294. The summed E-state index contributed by atoms with van der Waals surface area (Å²) in [7, 11) is 0. The Morgan fingerprint density at radius 1 is 1.00 bits per heavy atom. The second kappa shape index (κ2) is 6.12. The van der Waals surface area contributed by atoms with Crippen LogP contribution in [0.15, 0.2) is 36.4 Å². The fourth-order valence-electron chi connectivity index (χ4n) is 2.50. The molecular formula is C17H19ClO. The molecule has 0 amide bonds. The van der Waals surface area contributed by atoms with Gasteiger partial charge in [0.25, 0.3) is 0 Å². The lowest BCUT2D eigenvalue weighted by molar-refractivity contribution is 0.467. The predicted molar refractivity (Wildman–Crippen MR) is 81.1 cm³/mol. The molecular weight excluding hydrogens is 256 g/mol. The number of phenols is 1. The lowest BCUT2D eigenvalue weighted by atomic mass is 9.95. The van der Waals surface area contributed by atoms with Gasteiger partial charge in [-0.05, 0) is 47.6 Å². The summed E-state index contributed by atoms with van der Waals surface area (Å²) in [5.74, 6) is 0.370. The Labute approximate surface area is 119 Å². The Bertz CT molecular complexity index is 561. The predicted octanol–water partition coefficient (Wildman–Crippen LogP) is 4.76. The fourth-order valence-corrected chi connectivity index (χ4v) is 2.87. The molecule has 0 bridgehead atoms. The smallest absolute Gasteiger partial charge is 0.119 e. The van der Waals surface area contributed by atoms with E-state index in [0.717, 1.165) is 41.0 Å². The van der Waals surface area contributed by atoms with Crippen molar-refractivity contribution in [2.24, 2.45) is 0 Å². The molecule has 2 rings (SSSR count). The maximum atomic E-state index is 10.1. The van der Waals surface area contributed by atoms with Crippen molar-refractivity contribution in [2.45, 2.75) is 33.1 Å². The van der Waals surface area contributed by atoms with E-state index in [4.69, 9.17) is 11.6 Å². The summed E-state index contributed by atoms with van der Waals surface area (Å²) in [5.41, 5.74) is 4.26. The molecule has 0 atom stereocenters. The molecule has 0 heterocycles. The Balaban J connectivity index is 2.44. The lowest BCUT2D eigenvalue weighted by Crippen LogP contribution is -1.99. The average molecular weight is 275 g/mol. The summed E-state index contributed by atoms with van der Waals surface area (Å²) in [5, 5.41) is 11.0. The van der Waals surface area contributed by atoms with Crippen molar-refractivity contribution in [1.82, 2.24) is 0 Å². The van der Waals surface area contributed by atoms with E-state index in [9.17, 15) is 5.11 Å². The van der Waals surface area contributed by atoms with E-state index in [-0.39, 0.29) is 0 Å². The van der Waals surface area contributed by atoms with Crippen LogP contribution in [-0.2, 0) is 19.3 Å². The molecule has 0 aromatic heterocycles. The second-order valence-corrected chi connectivity index (χ2v) is 5.07. The molecule has 0 aliphatic rings. The first-order valence-electron chi connectivity index (χ1n) is 6.73. The molecule has 0 saturated carbocycles. The van der Waals surface area contributed by atoms with E-state index in [1.54, 1.807) is 0 Å². The Hall–Kier alpha value is -1.47. The zero-order valence-electron chi connectivity index (χ0n) is 11.4. The van der Waals surface area contributed by atoms with E-state index in [1.165, 1.54) is 5.56 Å². The molecule has 0 unspecified atom stereocenters. The molecule has 2 aromatic carbocycles. The van der Waals surface area contributed by atoms with Gasteiger partial charge in [-0.1, -0.05) is 55.8 Å². The topological polar surface area (TPSA) is 20.2 Å². The molecule has 1 nitrogen and oxygen atoms in total. The van der Waals surface area contributed by atoms with E-state index in [1.807, 2.05) is 31.2 Å². The molecule has 0 fully saturated rings. The minimum Gasteiger partial charge on any atom is -0.508 e. The van der Waals surface area contributed by atoms with Crippen LogP contribution in [0.5, 0.6) is 5.75 Å². The van der Waals surface area contributed by atoms with Gasteiger partial charge in [-0.15, -0.1) is 0 Å². The number of hydrogen-bond acceptors (Lipinski definition) is 1. The zero-order valence-corrected chi connectivity index (χ0v) is 12.2. The summed E-state index contributed by atoms with van der Waals surface area (Å²) < 4.78 is 0. The Morgan fingerprint density at radius 3 is 2.21 bits per heavy atom. The van der Waals surface area contributed by atoms with E-state index in [2.05, 4.69) is 19.1 Å². The molecule has 0 saturated heterocycles. The highest BCUT2D eigenvalue weighted by Gasteiger charge is 2.14. The summed E-state index contributed by atoms with van der Waals surface area (Å²) in [6, 6.07) is 12.0. The monoisotopic (exact) mass is 274 g/mol. The summed E-state index contributed by atoms with van der Waals surface area (Å²) in [6.45, 7) is 4.12. The van der Waals surface area contributed by atoms with Crippen LogP contribution in [0.2, 0.25) is 5.02 Å². The van der Waals surface area contributed by atoms with Crippen LogP contribution in [0.1, 0.15) is 36.1 Å². The van der Waals surface area contributed by atoms with Crippen LogP contribution in [0.4, 0.5) is 0 Å². The normalized spacial score (nSPS) is 10.7. The first kappa shape index (κ1) is 14.0. The summed E-state index contributed by atoms with van der Waals surface area (Å²) in [6.07, 6.45) is 2.41. The summed E-state index contributed by atoms with van der Waals surface area (Å²) in [4.78, 5) is 0. The van der Waals surface area contributed by atoms with Crippen LogP contribution >= 0.6 is 11.6 Å². The van der Waals surface area contributed by atoms with Crippen molar-refractivity contribution in [3.8, 4) is 5.75 Å². The summed E-state index contributed by atoms with van der Waals surface area (Å²) >= 11 is 6.50. The third-order valence-corrected chi connectivity index (χ3v) is 3.95. The second-order valence-electron chi connectivity index (χ2n) is 4.70. The molecule has 100 valence electrons. The molecule has 2 heteroatoms. The molecule has 2 aromatic rings. The number of rotatable bonds is 4. The van der Waals surface area contributed by atoms with Gasteiger partial charge in [0, 0.05) is 5.02 Å². The minimum atomic E-state index is 0.370. The Kier molecular flexibility index (Phi) is 4.49. The van der Waals surface area contributed by atoms with Gasteiger partial charge in [0.05, 0.1) is 0 Å². The van der Waals surface area contributed by atoms with Gasteiger partial charge in [-0.25, -0.2) is 0 Å². The highest BCUT2D eigenvalue weighted by Crippen LogP contribution is 2.33. The molecule has 0 aliphatic carbocycles. The first-order chi connectivity index (χ1) is 9.17. The third-order valence-electron chi connectivity index (χ3n) is 3.48. The zero-order chi connectivity index (χ0) is 13.8. The number of halogens is 1. The largest absolute Gasteiger partial charge is 0.508 e. The van der Waals surface area contributed by atoms with Gasteiger partial charge in [0.1, 0.15) is 5.75 Å². The van der Waals surface area contributed by atoms with Crippen molar-refractivity contribution in [2.75, 3.05) is 0 Å². The van der Waals surface area contributed by atoms with Gasteiger partial charge in [0.2, 0.25) is 0 Å². The highest BCUT2D eigenvalue weighted by atomic mass is 35.5. The van der Waals surface area contributed by atoms with Crippen LogP contribution in [0.3, 0.4) is 0 Å². The van der Waals surface area contributed by atoms with Gasteiger partial charge >= 0.3 is 0 Å². The SMILES string of the molecule is CCc1c(O)cc(Cc2ccccc2)c(Cl)c1CC. The van der Waals surface area contributed by atoms with E-state index >= 15 is 0 Å². The van der Waals surface area contributed by atoms with Crippen LogP contribution in [-0.4, -0.2) is 5.11 Å². The minimum absolute atomic E-state index is 0.370. The molecule has 0 spiro atoms. The maximum absolute atomic E-state index is 10.1. The van der Waals surface area contributed by atoms with Crippen molar-refractivity contribution >= 4 is 11.6 Å². The van der Waals surface area contributed by atoms with E-state index in [0.29, 0.717) is 5.75 Å². The van der Waals surface area contributed by atoms with Crippen molar-refractivity contribution in [1.29, 1.82) is 0 Å². The Morgan fingerprint density at radius 2 is 1.63 bits per heavy atom. The highest BCUT2D eigenvalue weighted by molar-refractivity contribution is 6.32. The number of hydrogen-bond donors (Lipinski definition) is 1. The van der Waals surface area contributed by atoms with Gasteiger partial charge in [0.15, 0.2) is 0 Å². The van der Waals surface area contributed by atoms with Crippen molar-refractivity contribution in [3.05, 3.63) is 63.7 Å². The number of benzene rings is 2. The van der Waals surface area contributed by atoms with E-state index < -0.39 is 0 Å². The molecule has 19 heavy (non-hydrogen) atoms. The van der Waals surface area contributed by atoms with Gasteiger partial charge in [-0.2, -0.15) is 0 Å². The molecule has 0 aliphatic heterocycles. The standard InChI is InChI=1S/C17H19ClO/c1-3-14-15(4-2)17(18)13(11-16(14)19)10-12-8-6-5-7-9-12/h5-9,11,19H,3-4,10H2,1-2H3. The van der Waals surface area contributed by atoms with Gasteiger partial charge < -0.3 is 5.11 Å². The number of aromatic hydroxyl groups is 1. The molecule has 0 radical (unpaired) electrons.